The van der Waals surface area contributed by atoms with Gasteiger partial charge in [-0.05, 0) is 49.3 Å². The molecule has 0 heterocycles. The molecule has 1 unspecified atom stereocenters. The number of carboxylic acid groups (broad SMARTS) is 1. The van der Waals surface area contributed by atoms with Crippen molar-refractivity contribution < 1.29 is 23.1 Å². The molecule has 0 amide bonds. The molecule has 1 aromatic carbocycles. The van der Waals surface area contributed by atoms with Gasteiger partial charge in [0.25, 0.3) is 0 Å². The molecule has 1 aliphatic carbocycles. The van der Waals surface area contributed by atoms with Gasteiger partial charge in [-0.3, -0.25) is 4.79 Å². The molecule has 1 saturated carbocycles. The molecule has 0 spiro atoms. The Bertz CT molecular complexity index is 662. The highest BCUT2D eigenvalue weighted by Crippen LogP contribution is 2.33. The van der Waals surface area contributed by atoms with E-state index in [1.165, 1.54) is 0 Å². The minimum atomic E-state index is -3.27. The Labute approximate surface area is 150 Å². The lowest BCUT2D eigenvalue weighted by molar-refractivity contribution is -0.139. The maximum Gasteiger partial charge on any atom is 0.310 e. The van der Waals surface area contributed by atoms with Gasteiger partial charge in [0.1, 0.15) is 0 Å². The Kier molecular flexibility index (Phi) is 7.02. The predicted molar refractivity (Wildman–Crippen MR) is 96.5 cm³/mol. The van der Waals surface area contributed by atoms with Gasteiger partial charge >= 0.3 is 5.97 Å². The maximum absolute atomic E-state index is 12.4. The maximum atomic E-state index is 12.4. The van der Waals surface area contributed by atoms with Crippen LogP contribution in [0.3, 0.4) is 0 Å². The smallest absolute Gasteiger partial charge is 0.310 e. The molecule has 1 fully saturated rings. The second-order valence-corrected chi connectivity index (χ2v) is 9.08. The van der Waals surface area contributed by atoms with Gasteiger partial charge in [0.05, 0.1) is 16.1 Å². The first-order valence-corrected chi connectivity index (χ1v) is 10.5. The zero-order valence-electron chi connectivity index (χ0n) is 15.0. The van der Waals surface area contributed by atoms with Crippen LogP contribution in [0.15, 0.2) is 29.2 Å². The molecule has 2 rings (SSSR count). The van der Waals surface area contributed by atoms with Gasteiger partial charge in [0.2, 0.25) is 0 Å². The van der Waals surface area contributed by atoms with Crippen molar-refractivity contribution in [1.82, 2.24) is 0 Å². The van der Waals surface area contributed by atoms with Gasteiger partial charge in [-0.2, -0.15) is 0 Å². The number of methoxy groups -OCH3 is 1. The summed E-state index contributed by atoms with van der Waals surface area (Å²) in [6.07, 6.45) is 4.65. The molecule has 0 bridgehead atoms. The third-order valence-electron chi connectivity index (χ3n) is 5.28. The van der Waals surface area contributed by atoms with Crippen molar-refractivity contribution in [3.63, 3.8) is 0 Å². The second kappa shape index (κ2) is 8.81. The number of aliphatic carboxylic acids is 1. The van der Waals surface area contributed by atoms with Crippen LogP contribution in [0.5, 0.6) is 0 Å². The standard InChI is InChI=1S/C19H28O5S/c1-3-14(11-12-24-2)13-18(19(20)21)15-7-9-17(10-8-15)25(22,23)16-5-4-6-16/h7-10,14,16,18H,3-6,11-13H2,1-2H3,(H,20,21)/t14?,18-/m1/s1. The Hall–Kier alpha value is -1.40. The molecule has 0 radical (unpaired) electrons. The fourth-order valence-corrected chi connectivity index (χ4v) is 5.10. The van der Waals surface area contributed by atoms with Crippen LogP contribution in [-0.4, -0.2) is 38.5 Å². The highest BCUT2D eigenvalue weighted by atomic mass is 32.2. The van der Waals surface area contributed by atoms with E-state index in [4.69, 9.17) is 4.74 Å². The van der Waals surface area contributed by atoms with Crippen molar-refractivity contribution in [2.24, 2.45) is 5.92 Å². The van der Waals surface area contributed by atoms with Crippen LogP contribution in [0, 0.1) is 5.92 Å². The van der Waals surface area contributed by atoms with Gasteiger partial charge in [0, 0.05) is 13.7 Å². The quantitative estimate of drug-likeness (QED) is 0.682. The van der Waals surface area contributed by atoms with Crippen molar-refractivity contribution in [2.45, 2.75) is 61.5 Å². The first kappa shape index (κ1) is 19.9. The highest BCUT2D eigenvalue weighted by molar-refractivity contribution is 7.92. The van der Waals surface area contributed by atoms with Crippen molar-refractivity contribution in [1.29, 1.82) is 0 Å². The fraction of sp³-hybridized carbons (Fsp3) is 0.632. The molecular weight excluding hydrogens is 340 g/mol. The van der Waals surface area contributed by atoms with E-state index < -0.39 is 21.7 Å². The molecule has 25 heavy (non-hydrogen) atoms. The summed E-state index contributed by atoms with van der Waals surface area (Å²) in [5.41, 5.74) is 0.663. The van der Waals surface area contributed by atoms with E-state index in [1.54, 1.807) is 31.4 Å². The van der Waals surface area contributed by atoms with Crippen molar-refractivity contribution in [3.8, 4) is 0 Å². The topological polar surface area (TPSA) is 80.7 Å². The van der Waals surface area contributed by atoms with Crippen LogP contribution in [-0.2, 0) is 19.4 Å². The lowest BCUT2D eigenvalue weighted by Crippen LogP contribution is -2.28. The SMILES string of the molecule is CCC(CCOC)C[C@@H](C(=O)O)c1ccc(S(=O)(=O)C2CCC2)cc1. The largest absolute Gasteiger partial charge is 0.481 e. The number of rotatable bonds is 10. The average Bonchev–Trinajstić information content (AvgIpc) is 2.53. The van der Waals surface area contributed by atoms with E-state index >= 15 is 0 Å². The number of sulfone groups is 1. The zero-order valence-corrected chi connectivity index (χ0v) is 15.8. The minimum Gasteiger partial charge on any atom is -0.481 e. The van der Waals surface area contributed by atoms with E-state index in [-0.39, 0.29) is 11.2 Å². The molecule has 1 aromatic rings. The molecule has 0 aromatic heterocycles. The van der Waals surface area contributed by atoms with E-state index in [0.29, 0.717) is 23.5 Å². The number of carbonyl (C=O) groups is 1. The summed E-state index contributed by atoms with van der Waals surface area (Å²) in [5, 5.41) is 9.34. The van der Waals surface area contributed by atoms with Gasteiger partial charge in [-0.25, -0.2) is 8.42 Å². The number of hydrogen-bond acceptors (Lipinski definition) is 4. The minimum absolute atomic E-state index is 0.263. The Morgan fingerprint density at radius 1 is 1.28 bits per heavy atom. The van der Waals surface area contributed by atoms with Crippen LogP contribution in [0.2, 0.25) is 0 Å². The van der Waals surface area contributed by atoms with E-state index in [1.807, 2.05) is 6.92 Å². The Balaban J connectivity index is 2.14. The summed E-state index contributed by atoms with van der Waals surface area (Å²) in [7, 11) is -1.63. The summed E-state index contributed by atoms with van der Waals surface area (Å²) in [5.74, 6) is -1.23. The van der Waals surface area contributed by atoms with Crippen LogP contribution < -0.4 is 0 Å². The number of carboxylic acids is 1. The van der Waals surface area contributed by atoms with Crippen LogP contribution >= 0.6 is 0 Å². The molecular formula is C19H28O5S. The highest BCUT2D eigenvalue weighted by Gasteiger charge is 2.33. The Morgan fingerprint density at radius 3 is 2.36 bits per heavy atom. The lowest BCUT2D eigenvalue weighted by Gasteiger charge is -2.25. The first-order valence-electron chi connectivity index (χ1n) is 8.95. The molecule has 1 N–H and O–H groups in total. The normalized spacial score (nSPS) is 17.7. The van der Waals surface area contributed by atoms with Crippen LogP contribution in [0.25, 0.3) is 0 Å². The first-order chi connectivity index (χ1) is 11.9. The van der Waals surface area contributed by atoms with E-state index in [9.17, 15) is 18.3 Å². The fourth-order valence-electron chi connectivity index (χ4n) is 3.25. The summed E-state index contributed by atoms with van der Waals surface area (Å²) in [4.78, 5) is 12.0. The monoisotopic (exact) mass is 368 g/mol. The third-order valence-corrected chi connectivity index (χ3v) is 7.56. The second-order valence-electron chi connectivity index (χ2n) is 6.85. The number of ether oxygens (including phenoxy) is 1. The summed E-state index contributed by atoms with van der Waals surface area (Å²) >= 11 is 0. The van der Waals surface area contributed by atoms with Gasteiger partial charge in [-0.1, -0.05) is 31.9 Å². The van der Waals surface area contributed by atoms with Crippen LogP contribution in [0.4, 0.5) is 0 Å². The molecule has 6 heteroatoms. The average molecular weight is 368 g/mol. The predicted octanol–water partition coefficient (Wildman–Crippen LogP) is 3.63. The molecule has 5 nitrogen and oxygen atoms in total. The summed E-state index contributed by atoms with van der Waals surface area (Å²) in [6, 6.07) is 6.45. The van der Waals surface area contributed by atoms with Crippen molar-refractivity contribution >= 4 is 15.8 Å². The summed E-state index contributed by atoms with van der Waals surface area (Å²) < 4.78 is 30.0. The van der Waals surface area contributed by atoms with E-state index in [2.05, 4.69) is 0 Å². The summed E-state index contributed by atoms with van der Waals surface area (Å²) in [6.45, 7) is 2.66. The van der Waals surface area contributed by atoms with Crippen molar-refractivity contribution in [2.75, 3.05) is 13.7 Å². The third kappa shape index (κ3) is 4.82. The molecule has 2 atom stereocenters. The number of hydrogen-bond donors (Lipinski definition) is 1. The van der Waals surface area contributed by atoms with Crippen LogP contribution in [0.1, 0.15) is 56.9 Å². The number of benzene rings is 1. The molecule has 0 aliphatic heterocycles. The van der Waals surface area contributed by atoms with Crippen molar-refractivity contribution in [3.05, 3.63) is 29.8 Å². The Morgan fingerprint density at radius 2 is 1.92 bits per heavy atom. The molecule has 140 valence electrons. The van der Waals surface area contributed by atoms with E-state index in [0.717, 1.165) is 32.1 Å². The lowest BCUT2D eigenvalue weighted by atomic mass is 9.86. The van der Waals surface area contributed by atoms with Gasteiger partial charge < -0.3 is 9.84 Å². The van der Waals surface area contributed by atoms with Gasteiger partial charge in [-0.15, -0.1) is 0 Å². The molecule has 0 saturated heterocycles. The zero-order chi connectivity index (χ0) is 18.4. The van der Waals surface area contributed by atoms with Gasteiger partial charge in [0.15, 0.2) is 9.84 Å². The molecule has 1 aliphatic rings.